The fraction of sp³-hybridized carbons (Fsp3) is 0.800. The summed E-state index contributed by atoms with van der Waals surface area (Å²) in [6.07, 6.45) is 1.07. The summed E-state index contributed by atoms with van der Waals surface area (Å²) in [5.41, 5.74) is 0. The number of nitrogens with one attached hydrogen (secondary N) is 1. The number of hydrogen-bond acceptors (Lipinski definition) is 2. The number of amides is 2. The molecular weight excluding hydrogens is 136 g/mol. The van der Waals surface area contributed by atoms with Crippen molar-refractivity contribution >= 4 is 18.0 Å². The highest BCUT2D eigenvalue weighted by molar-refractivity contribution is 7.97. The Morgan fingerprint density at radius 1 is 1.78 bits per heavy atom. The van der Waals surface area contributed by atoms with Gasteiger partial charge in [-0.15, -0.1) is 0 Å². The minimum atomic E-state index is 0.0255. The van der Waals surface area contributed by atoms with E-state index in [-0.39, 0.29) is 6.03 Å². The number of rotatable bonds is 0. The van der Waals surface area contributed by atoms with Crippen LogP contribution < -0.4 is 5.32 Å². The van der Waals surface area contributed by atoms with E-state index in [0.717, 1.165) is 18.7 Å². The third-order valence-corrected chi connectivity index (χ3v) is 2.19. The summed E-state index contributed by atoms with van der Waals surface area (Å²) < 4.78 is 1.63. The number of nitrogens with zero attached hydrogens (tertiary/aromatic N) is 1. The molecule has 0 aromatic rings. The van der Waals surface area contributed by atoms with Crippen molar-refractivity contribution in [3.63, 3.8) is 0 Å². The van der Waals surface area contributed by atoms with E-state index in [9.17, 15) is 4.79 Å². The van der Waals surface area contributed by atoms with Gasteiger partial charge in [0, 0.05) is 19.3 Å². The smallest absolute Gasteiger partial charge is 0.327 e. The Morgan fingerprint density at radius 2 is 2.56 bits per heavy atom. The molecule has 1 aliphatic rings. The molecule has 0 atom stereocenters. The Bertz CT molecular complexity index is 118. The monoisotopic (exact) mass is 146 g/mol. The van der Waals surface area contributed by atoms with E-state index >= 15 is 0 Å². The molecule has 0 aromatic heterocycles. The third-order valence-electron chi connectivity index (χ3n) is 1.17. The van der Waals surface area contributed by atoms with Crippen molar-refractivity contribution in [2.45, 2.75) is 6.42 Å². The molecule has 2 amide bonds. The Hall–Kier alpha value is -0.380. The van der Waals surface area contributed by atoms with Gasteiger partial charge in [-0.2, -0.15) is 0 Å². The van der Waals surface area contributed by atoms with E-state index in [0.29, 0.717) is 0 Å². The highest BCUT2D eigenvalue weighted by Crippen LogP contribution is 2.10. The van der Waals surface area contributed by atoms with Crippen molar-refractivity contribution in [2.75, 3.05) is 19.3 Å². The maximum atomic E-state index is 10.8. The van der Waals surface area contributed by atoms with Crippen molar-refractivity contribution in [3.8, 4) is 0 Å². The lowest BCUT2D eigenvalue weighted by Gasteiger charge is -2.10. The average Bonchev–Trinajstić information content (AvgIpc) is 1.99. The summed E-state index contributed by atoms with van der Waals surface area (Å²) >= 11 is 1.57. The third kappa shape index (κ3) is 1.78. The average molecular weight is 146 g/mol. The van der Waals surface area contributed by atoms with Gasteiger partial charge in [-0.05, 0) is 18.4 Å². The maximum absolute atomic E-state index is 10.8. The predicted molar refractivity (Wildman–Crippen MR) is 38.2 cm³/mol. The number of urea groups is 1. The van der Waals surface area contributed by atoms with E-state index in [1.807, 2.05) is 0 Å². The molecule has 52 valence electrons. The summed E-state index contributed by atoms with van der Waals surface area (Å²) in [6.45, 7) is 0.816. The van der Waals surface area contributed by atoms with Gasteiger partial charge < -0.3 is 5.32 Å². The molecule has 0 aliphatic carbocycles. The van der Waals surface area contributed by atoms with E-state index < -0.39 is 0 Å². The van der Waals surface area contributed by atoms with Gasteiger partial charge in [-0.3, -0.25) is 4.31 Å². The van der Waals surface area contributed by atoms with Crippen molar-refractivity contribution in [1.82, 2.24) is 9.62 Å². The van der Waals surface area contributed by atoms with Gasteiger partial charge in [0.1, 0.15) is 0 Å². The molecule has 9 heavy (non-hydrogen) atoms. The first-order chi connectivity index (χ1) is 4.30. The van der Waals surface area contributed by atoms with Gasteiger partial charge in [-0.1, -0.05) is 0 Å². The summed E-state index contributed by atoms with van der Waals surface area (Å²) in [6, 6.07) is 0.0255. The van der Waals surface area contributed by atoms with Crippen LogP contribution in [0.3, 0.4) is 0 Å². The van der Waals surface area contributed by atoms with Crippen LogP contribution in [-0.4, -0.2) is 29.7 Å². The molecule has 1 saturated heterocycles. The van der Waals surface area contributed by atoms with Crippen LogP contribution in [-0.2, 0) is 0 Å². The summed E-state index contributed by atoms with van der Waals surface area (Å²) in [5.74, 6) is 1.04. The van der Waals surface area contributed by atoms with Crippen LogP contribution in [0.2, 0.25) is 0 Å². The molecule has 1 N–H and O–H groups in total. The second-order valence-corrected chi connectivity index (χ2v) is 3.13. The van der Waals surface area contributed by atoms with Crippen LogP contribution in [0.5, 0.6) is 0 Å². The van der Waals surface area contributed by atoms with Gasteiger partial charge in [0.15, 0.2) is 0 Å². The maximum Gasteiger partial charge on any atom is 0.327 e. The van der Waals surface area contributed by atoms with Gasteiger partial charge in [0.2, 0.25) is 0 Å². The topological polar surface area (TPSA) is 32.3 Å². The van der Waals surface area contributed by atoms with Gasteiger partial charge in [0.25, 0.3) is 0 Å². The molecular formula is C5H10N2OS. The molecule has 0 aromatic carbocycles. The fourth-order valence-corrected chi connectivity index (χ4v) is 1.37. The van der Waals surface area contributed by atoms with E-state index in [4.69, 9.17) is 0 Å². The molecule has 1 heterocycles. The molecule has 0 bridgehead atoms. The van der Waals surface area contributed by atoms with Crippen molar-refractivity contribution in [1.29, 1.82) is 0 Å². The lowest BCUT2D eigenvalue weighted by Crippen LogP contribution is -2.30. The largest absolute Gasteiger partial charge is 0.337 e. The van der Waals surface area contributed by atoms with Gasteiger partial charge in [0.05, 0.1) is 0 Å². The molecule has 0 spiro atoms. The first-order valence-electron chi connectivity index (χ1n) is 2.95. The quantitative estimate of drug-likeness (QED) is 0.510. The zero-order valence-corrected chi connectivity index (χ0v) is 6.20. The summed E-state index contributed by atoms with van der Waals surface area (Å²) in [7, 11) is 1.78. The lowest BCUT2D eigenvalue weighted by atomic mass is 10.5. The number of carbonyl (C=O) groups excluding carboxylic acids is 1. The standard InChI is InChI=1S/C5H10N2OS/c1-7-5(8)6-3-2-4-9-7/h2-4H2,1H3,(H,6,8). The van der Waals surface area contributed by atoms with Crippen LogP contribution >= 0.6 is 11.9 Å². The Kier molecular flexibility index (Phi) is 2.22. The Labute approximate surface area is 58.9 Å². The molecule has 1 aliphatic heterocycles. The minimum Gasteiger partial charge on any atom is -0.337 e. The molecule has 3 nitrogen and oxygen atoms in total. The Morgan fingerprint density at radius 3 is 3.33 bits per heavy atom. The van der Waals surface area contributed by atoms with Crippen LogP contribution in [0.1, 0.15) is 6.42 Å². The molecule has 1 fully saturated rings. The first-order valence-corrected chi connectivity index (χ1v) is 3.89. The highest BCUT2D eigenvalue weighted by atomic mass is 32.2. The minimum absolute atomic E-state index is 0.0255. The zero-order chi connectivity index (χ0) is 6.69. The van der Waals surface area contributed by atoms with Gasteiger partial charge >= 0.3 is 6.03 Å². The van der Waals surface area contributed by atoms with Crippen LogP contribution in [0, 0.1) is 0 Å². The normalized spacial score (nSPS) is 21.0. The van der Waals surface area contributed by atoms with Crippen LogP contribution in [0.25, 0.3) is 0 Å². The van der Waals surface area contributed by atoms with Crippen LogP contribution in [0.4, 0.5) is 4.79 Å². The fourth-order valence-electron chi connectivity index (χ4n) is 0.639. The molecule has 0 radical (unpaired) electrons. The summed E-state index contributed by atoms with van der Waals surface area (Å²) in [4.78, 5) is 10.8. The van der Waals surface area contributed by atoms with Crippen LogP contribution in [0.15, 0.2) is 0 Å². The number of hydrogen-bond donors (Lipinski definition) is 1. The molecule has 0 saturated carbocycles. The van der Waals surface area contributed by atoms with E-state index in [1.165, 1.54) is 0 Å². The van der Waals surface area contributed by atoms with Crippen molar-refractivity contribution in [2.24, 2.45) is 0 Å². The van der Waals surface area contributed by atoms with Crippen molar-refractivity contribution < 1.29 is 4.79 Å². The molecule has 0 unspecified atom stereocenters. The predicted octanol–water partition coefficient (Wildman–Crippen LogP) is 0.680. The molecule has 4 heteroatoms. The SMILES string of the molecule is CN1SCCCNC1=O. The van der Waals surface area contributed by atoms with Gasteiger partial charge in [-0.25, -0.2) is 4.79 Å². The molecule has 1 rings (SSSR count). The number of carbonyl (C=O) groups is 1. The second kappa shape index (κ2) is 2.96. The zero-order valence-electron chi connectivity index (χ0n) is 5.39. The highest BCUT2D eigenvalue weighted by Gasteiger charge is 2.10. The van der Waals surface area contributed by atoms with E-state index in [1.54, 1.807) is 23.3 Å². The van der Waals surface area contributed by atoms with E-state index in [2.05, 4.69) is 5.32 Å². The Balaban J connectivity index is 2.41. The lowest BCUT2D eigenvalue weighted by molar-refractivity contribution is 0.231. The van der Waals surface area contributed by atoms with Crippen molar-refractivity contribution in [3.05, 3.63) is 0 Å². The first kappa shape index (κ1) is 6.74. The summed E-state index contributed by atoms with van der Waals surface area (Å²) in [5, 5.41) is 2.76. The second-order valence-electron chi connectivity index (χ2n) is 1.92.